The Labute approximate surface area is 713 Å². The summed E-state index contributed by atoms with van der Waals surface area (Å²) in [5, 5.41) is 50.3. The van der Waals surface area contributed by atoms with E-state index < -0.39 is 94.9 Å². The lowest BCUT2D eigenvalue weighted by Crippen LogP contribution is -2.47. The van der Waals surface area contributed by atoms with Crippen LogP contribution in [0.15, 0.2) is 136 Å². The number of rotatable bonds is 28. The zero-order valence-corrected chi connectivity index (χ0v) is 71.5. The van der Waals surface area contributed by atoms with Gasteiger partial charge in [0, 0.05) is 153 Å². The van der Waals surface area contributed by atoms with E-state index in [-0.39, 0.29) is 93.1 Å². The number of benzene rings is 5. The summed E-state index contributed by atoms with van der Waals surface area (Å²) < 4.78 is 146. The minimum absolute atomic E-state index is 0.000643. The predicted molar refractivity (Wildman–Crippen MR) is 450 cm³/mol. The van der Waals surface area contributed by atoms with E-state index in [0.717, 1.165) is 117 Å². The van der Waals surface area contributed by atoms with Crippen molar-refractivity contribution in [1.82, 2.24) is 29.6 Å². The summed E-state index contributed by atoms with van der Waals surface area (Å²) in [6.07, 6.45) is 6.60. The molecule has 35 nitrogen and oxygen atoms in total. The van der Waals surface area contributed by atoms with Gasteiger partial charge in [-0.1, -0.05) is 37.1 Å². The molecule has 4 aliphatic heterocycles. The van der Waals surface area contributed by atoms with E-state index in [0.29, 0.717) is 120 Å². The van der Waals surface area contributed by atoms with Crippen molar-refractivity contribution in [1.29, 1.82) is 0 Å². The number of primary sulfonamides is 2. The topological polar surface area (TPSA) is 484 Å². The highest BCUT2D eigenvalue weighted by atomic mass is 35.5. The van der Waals surface area contributed by atoms with Crippen LogP contribution in [0, 0.1) is 59.3 Å². The fraction of sp³-hybridized carbons (Fsp3) is 0.463. The van der Waals surface area contributed by atoms with Crippen LogP contribution in [-0.2, 0) is 64.7 Å². The molecule has 4 saturated heterocycles. The number of sulfone groups is 1. The molecule has 3 amide bonds. The van der Waals surface area contributed by atoms with Gasteiger partial charge in [0.2, 0.25) is 43.6 Å². The van der Waals surface area contributed by atoms with Gasteiger partial charge in [-0.25, -0.2) is 40.5 Å². The summed E-state index contributed by atoms with van der Waals surface area (Å²) in [6, 6.07) is 21.2. The number of amides is 3. The van der Waals surface area contributed by atoms with Gasteiger partial charge >= 0.3 is 11.9 Å². The third kappa shape index (κ3) is 27.0. The largest absolute Gasteiger partial charge is 0.455 e. The number of ether oxygens (including phenoxy) is 4. The minimum atomic E-state index is -4.50. The first-order valence-corrected chi connectivity index (χ1v) is 44.3. The molecule has 9 N–H and O–H groups in total. The van der Waals surface area contributed by atoms with Crippen LogP contribution in [0.1, 0.15) is 93.1 Å². The van der Waals surface area contributed by atoms with E-state index >= 15 is 0 Å². The van der Waals surface area contributed by atoms with Gasteiger partial charge in [0.05, 0.1) is 46.8 Å². The fourth-order valence-electron chi connectivity index (χ4n) is 15.0. The number of piperidine rings is 3. The molecule has 4 fully saturated rings. The Morgan fingerprint density at radius 3 is 1.65 bits per heavy atom. The van der Waals surface area contributed by atoms with E-state index in [2.05, 4.69) is 44.2 Å². The Bertz CT molecular complexity index is 5390. The highest BCUT2D eigenvalue weighted by Crippen LogP contribution is 2.46. The zero-order valence-electron chi connectivity index (χ0n) is 68.3. The maximum atomic E-state index is 14.1. The molecule has 123 heavy (non-hydrogen) atoms. The number of aromatic amines is 1. The van der Waals surface area contributed by atoms with Crippen molar-refractivity contribution in [2.45, 2.75) is 92.5 Å². The Morgan fingerprint density at radius 1 is 0.642 bits per heavy atom. The quantitative estimate of drug-likeness (QED) is 0.0115. The van der Waals surface area contributed by atoms with Crippen LogP contribution in [0.4, 0.5) is 51.7 Å². The number of halogens is 5. The first-order chi connectivity index (χ1) is 58.1. The van der Waals surface area contributed by atoms with E-state index in [1.807, 2.05) is 11.0 Å². The number of hydrogen-bond acceptors (Lipinski definition) is 26. The molecule has 3 atom stereocenters. The summed E-state index contributed by atoms with van der Waals surface area (Å²) in [5.41, 5.74) is 7.39. The number of anilines is 3. The number of H-pyrrole nitrogens is 1. The Kier molecular flexibility index (Phi) is 33.5. The second kappa shape index (κ2) is 42.8. The van der Waals surface area contributed by atoms with Crippen LogP contribution in [0.25, 0.3) is 16.6 Å². The van der Waals surface area contributed by atoms with E-state index in [1.54, 1.807) is 41.3 Å². The number of piperazine rings is 1. The number of Topliss-reactive ketones (excluding diaryl/α,β-unsaturated/α-hetero) is 1. The van der Waals surface area contributed by atoms with Crippen molar-refractivity contribution < 1.29 is 95.7 Å². The molecular formula is C80H100ClF4N15O20S3. The third-order valence-electron chi connectivity index (χ3n) is 21.5. The van der Waals surface area contributed by atoms with Gasteiger partial charge in [-0.3, -0.25) is 54.4 Å². The SMILES string of the molecule is COCC(=O)N1CCCC(CN)C1.COCC(=O)N1CCCC(CNc2ccc(S(=O)(=O)CC(=O)c3ccc(N4CCN(CC5=C(c6ccc(C(F)(F)F)cc6Cl)CC(C)(C)CC5)CC4)cc3Oc3cnc4[nH]ccc4c3)cc2[N+](=O)[O-])C1.COCC(=O)N1CCCC(CNc2ccc(S(N)(=O)=O)cc2[N+](=O)[O-])C1.NS(=O)(=O)c1ccc(F)c([N+](=O)[O-])c1. The molecule has 3 unspecified atom stereocenters. The molecule has 5 aliphatic rings. The molecule has 2 aromatic heterocycles. The molecule has 0 radical (unpaired) electrons. The highest BCUT2D eigenvalue weighted by Gasteiger charge is 2.36. The van der Waals surface area contributed by atoms with E-state index in [1.165, 1.54) is 56.8 Å². The number of hydrogen-bond donors (Lipinski definition) is 6. The Hall–Kier alpha value is -10.4. The molecule has 6 heterocycles. The lowest BCUT2D eigenvalue weighted by atomic mass is 9.72. The summed E-state index contributed by atoms with van der Waals surface area (Å²) >= 11 is 6.54. The number of allylic oxidation sites excluding steroid dienone is 1. The molecule has 43 heteroatoms. The zero-order chi connectivity index (χ0) is 89.9. The molecule has 0 spiro atoms. The number of nitrogens with zero attached hydrogens (tertiary/aromatic N) is 9. The summed E-state index contributed by atoms with van der Waals surface area (Å²) in [5.74, 6) is -2.02. The Morgan fingerprint density at radius 2 is 1.15 bits per heavy atom. The molecule has 0 bridgehead atoms. The number of carbonyl (C=O) groups excluding carboxylic acids is 4. The third-order valence-corrected chi connectivity index (χ3v) is 25.3. The number of sulfonamides is 2. The Balaban J connectivity index is 0.000000259. The number of alkyl halides is 3. The molecular weight excluding hydrogens is 1700 g/mol. The van der Waals surface area contributed by atoms with Crippen LogP contribution >= 0.6 is 11.6 Å². The average Bonchev–Trinajstić information content (AvgIpc) is 1.00. The van der Waals surface area contributed by atoms with Gasteiger partial charge in [-0.2, -0.15) is 17.6 Å². The smallest absolute Gasteiger partial charge is 0.416 e. The van der Waals surface area contributed by atoms with Crippen LogP contribution < -0.4 is 36.3 Å². The second-order valence-corrected chi connectivity index (χ2v) is 36.6. The number of likely N-dealkylation sites (tertiary alicyclic amines) is 3. The monoisotopic (exact) mass is 1800 g/mol. The second-order valence-electron chi connectivity index (χ2n) is 31.1. The number of carbonyl (C=O) groups is 4. The van der Waals surface area contributed by atoms with Crippen molar-refractivity contribution in [3.63, 3.8) is 0 Å². The predicted octanol–water partition coefficient (Wildman–Crippen LogP) is 10.4. The first-order valence-electron chi connectivity index (χ1n) is 39.2. The van der Waals surface area contributed by atoms with Crippen LogP contribution in [0.2, 0.25) is 5.02 Å². The number of aromatic nitrogens is 2. The number of fused-ring (bicyclic) bond motifs is 1. The standard InChI is InChI=1S/C50H55ClF3N7O8S.C15H22N4O6S.C9H18N2O2.C6H5FN2O4S/c1-49(2)14-12-34(41(25-49)39-9-6-35(22-42(39)51)50(52,53)54)29-58-17-19-59(20-18-58)36-7-10-40(46(23-36)69-37-21-33-13-15-55-48(33)57-27-37)45(62)31-70(66,67)38-8-11-43(44(24-38)61(64)65)56-26-32-5-4-16-60(28-32)47(63)30-68-3;1-25-10-15(20)18-6-2-3-11(9-18)8-17-13-5-4-12(26(16,23)24)7-14(13)19(21)22;1-13-7-9(12)11-4-2-3-8(5-10)6-11;7-5-2-1-4(14(8,12)13)3-6(5)9(10)11/h6-11,13,15,21-24,27,32,56H,4-5,12,14,16-20,25-26,28-31H2,1-3H3,(H,55,57);4-5,7,11,17H,2-3,6,8-10H2,1H3,(H2,16,23,24);8H,2-7,10H2,1H3;1-3H,(H2,8,12,13). The molecule has 0 saturated carbocycles. The van der Waals surface area contributed by atoms with Gasteiger partial charge < -0.3 is 59.9 Å². The van der Waals surface area contributed by atoms with Crippen molar-refractivity contribution in [3.05, 3.63) is 179 Å². The van der Waals surface area contributed by atoms with Gasteiger partial charge in [0.25, 0.3) is 11.4 Å². The summed E-state index contributed by atoms with van der Waals surface area (Å²) in [4.78, 5) is 97.2. The van der Waals surface area contributed by atoms with Crippen molar-refractivity contribution in [2.24, 2.45) is 39.2 Å². The molecule has 668 valence electrons. The number of nitrogens with two attached hydrogens (primary N) is 3. The minimum Gasteiger partial charge on any atom is -0.455 e. The van der Waals surface area contributed by atoms with Crippen LogP contribution in [0.5, 0.6) is 11.5 Å². The van der Waals surface area contributed by atoms with Gasteiger partial charge in [-0.15, -0.1) is 0 Å². The maximum Gasteiger partial charge on any atom is 0.416 e. The molecule has 12 rings (SSSR count). The van der Waals surface area contributed by atoms with Crippen molar-refractivity contribution in [2.75, 3.05) is 154 Å². The van der Waals surface area contributed by atoms with Gasteiger partial charge in [0.15, 0.2) is 15.6 Å². The van der Waals surface area contributed by atoms with E-state index in [9.17, 15) is 92.3 Å². The number of nitro groups is 3. The normalized spacial score (nSPS) is 17.7. The first kappa shape index (κ1) is 96.4. The molecule has 1 aliphatic carbocycles. The van der Waals surface area contributed by atoms with Crippen molar-refractivity contribution >= 4 is 116 Å². The number of pyridine rings is 1. The summed E-state index contributed by atoms with van der Waals surface area (Å²) in [6.45, 7) is 12.9. The number of nitro benzene ring substituents is 3. The highest BCUT2D eigenvalue weighted by molar-refractivity contribution is 7.92. The van der Waals surface area contributed by atoms with Gasteiger partial charge in [0.1, 0.15) is 54.1 Å². The lowest BCUT2D eigenvalue weighted by molar-refractivity contribution is -0.387. The number of methoxy groups -OCH3 is 3. The molecule has 5 aromatic carbocycles. The van der Waals surface area contributed by atoms with Crippen LogP contribution in [0.3, 0.4) is 0 Å². The number of ketones is 1. The fourth-order valence-corrected chi connectivity index (χ4v) is 17.6. The maximum absolute atomic E-state index is 14.1. The lowest BCUT2D eigenvalue weighted by Gasteiger charge is -2.39. The summed E-state index contributed by atoms with van der Waals surface area (Å²) in [7, 11) is -8.03. The molecule has 7 aromatic rings. The van der Waals surface area contributed by atoms with E-state index in [4.69, 9.17) is 46.6 Å². The van der Waals surface area contributed by atoms with Crippen LogP contribution in [-0.4, -0.2) is 232 Å². The average molecular weight is 1800 g/mol. The van der Waals surface area contributed by atoms with Crippen molar-refractivity contribution in [3.8, 4) is 11.5 Å². The van der Waals surface area contributed by atoms with Gasteiger partial charge in [-0.05, 0) is 171 Å². The number of nitrogens with one attached hydrogen (secondary N) is 3.